The third-order valence-corrected chi connectivity index (χ3v) is 2.41. The van der Waals surface area contributed by atoms with E-state index in [0.717, 1.165) is 17.7 Å². The highest BCUT2D eigenvalue weighted by molar-refractivity contribution is 9.10. The third-order valence-electron chi connectivity index (χ3n) is 1.98. The molecule has 4 heteroatoms. The van der Waals surface area contributed by atoms with E-state index in [0.29, 0.717) is 10.2 Å². The second kappa shape index (κ2) is 4.06. The molecule has 2 rings (SSSR count). The van der Waals surface area contributed by atoms with E-state index in [1.165, 1.54) is 6.07 Å². The standard InChI is InChI=1S/C11H6BrF2N/c12-11-6-8(3-4-15-11)7-1-2-9(13)10(14)5-7/h1-6H. The quantitative estimate of drug-likeness (QED) is 0.718. The van der Waals surface area contributed by atoms with Gasteiger partial charge in [0.2, 0.25) is 0 Å². The fourth-order valence-electron chi connectivity index (χ4n) is 1.26. The molecule has 0 N–H and O–H groups in total. The predicted octanol–water partition coefficient (Wildman–Crippen LogP) is 3.79. The second-order valence-electron chi connectivity index (χ2n) is 3.00. The van der Waals surface area contributed by atoms with Gasteiger partial charge in [-0.3, -0.25) is 0 Å². The van der Waals surface area contributed by atoms with Gasteiger partial charge in [0.25, 0.3) is 0 Å². The Morgan fingerprint density at radius 2 is 1.67 bits per heavy atom. The molecule has 0 aliphatic heterocycles. The second-order valence-corrected chi connectivity index (χ2v) is 3.81. The number of aromatic nitrogens is 1. The molecule has 1 aromatic carbocycles. The molecule has 0 unspecified atom stereocenters. The van der Waals surface area contributed by atoms with Crippen molar-refractivity contribution >= 4 is 15.9 Å². The minimum Gasteiger partial charge on any atom is -0.249 e. The van der Waals surface area contributed by atoms with Gasteiger partial charge in [-0.25, -0.2) is 13.8 Å². The number of halogens is 3. The van der Waals surface area contributed by atoms with Crippen molar-refractivity contribution in [3.8, 4) is 11.1 Å². The van der Waals surface area contributed by atoms with Gasteiger partial charge in [0.15, 0.2) is 11.6 Å². The molecule has 0 bridgehead atoms. The zero-order valence-corrected chi connectivity index (χ0v) is 9.13. The van der Waals surface area contributed by atoms with E-state index in [1.54, 1.807) is 18.3 Å². The van der Waals surface area contributed by atoms with Crippen LogP contribution in [0, 0.1) is 11.6 Å². The monoisotopic (exact) mass is 269 g/mol. The molecule has 1 nitrogen and oxygen atoms in total. The summed E-state index contributed by atoms with van der Waals surface area (Å²) < 4.78 is 26.3. The molecule has 0 aliphatic carbocycles. The topological polar surface area (TPSA) is 12.9 Å². The van der Waals surface area contributed by atoms with Gasteiger partial charge < -0.3 is 0 Å². The minimum atomic E-state index is -0.847. The van der Waals surface area contributed by atoms with Gasteiger partial charge in [0.1, 0.15) is 4.60 Å². The smallest absolute Gasteiger partial charge is 0.159 e. The maximum atomic E-state index is 13.0. The van der Waals surface area contributed by atoms with Crippen molar-refractivity contribution in [1.82, 2.24) is 4.98 Å². The molecular weight excluding hydrogens is 264 g/mol. The SMILES string of the molecule is Fc1ccc(-c2ccnc(Br)c2)cc1F. The van der Waals surface area contributed by atoms with Crippen molar-refractivity contribution in [2.45, 2.75) is 0 Å². The van der Waals surface area contributed by atoms with Crippen LogP contribution in [0.25, 0.3) is 11.1 Å². The molecule has 0 aliphatic rings. The predicted molar refractivity (Wildman–Crippen MR) is 57.3 cm³/mol. The first-order valence-electron chi connectivity index (χ1n) is 4.24. The summed E-state index contributed by atoms with van der Waals surface area (Å²) >= 11 is 3.21. The van der Waals surface area contributed by atoms with Crippen LogP contribution in [0.5, 0.6) is 0 Å². The first-order valence-corrected chi connectivity index (χ1v) is 5.03. The van der Waals surface area contributed by atoms with Gasteiger partial charge in [-0.05, 0) is 51.3 Å². The average Bonchev–Trinajstić information content (AvgIpc) is 2.22. The van der Waals surface area contributed by atoms with Crippen molar-refractivity contribution in [2.75, 3.05) is 0 Å². The van der Waals surface area contributed by atoms with Crippen LogP contribution in [0.15, 0.2) is 41.1 Å². The summed E-state index contributed by atoms with van der Waals surface area (Å²) in [5.41, 5.74) is 1.41. The summed E-state index contributed by atoms with van der Waals surface area (Å²) in [7, 11) is 0. The van der Waals surface area contributed by atoms with Crippen LogP contribution >= 0.6 is 15.9 Å². The zero-order valence-electron chi connectivity index (χ0n) is 7.55. The van der Waals surface area contributed by atoms with E-state index in [4.69, 9.17) is 0 Å². The minimum absolute atomic E-state index is 0.622. The van der Waals surface area contributed by atoms with Gasteiger partial charge in [-0.2, -0.15) is 0 Å². The molecule has 76 valence electrons. The lowest BCUT2D eigenvalue weighted by atomic mass is 10.1. The Morgan fingerprint density at radius 1 is 0.933 bits per heavy atom. The van der Waals surface area contributed by atoms with E-state index >= 15 is 0 Å². The summed E-state index contributed by atoms with van der Waals surface area (Å²) in [6, 6.07) is 7.28. The highest BCUT2D eigenvalue weighted by atomic mass is 79.9. The fraction of sp³-hybridized carbons (Fsp3) is 0. The van der Waals surface area contributed by atoms with Crippen molar-refractivity contribution in [2.24, 2.45) is 0 Å². The molecule has 1 aromatic heterocycles. The van der Waals surface area contributed by atoms with Crippen LogP contribution in [0.1, 0.15) is 0 Å². The Morgan fingerprint density at radius 3 is 2.33 bits per heavy atom. The molecule has 2 aromatic rings. The lowest BCUT2D eigenvalue weighted by molar-refractivity contribution is 0.509. The lowest BCUT2D eigenvalue weighted by Gasteiger charge is -2.02. The van der Waals surface area contributed by atoms with Crippen LogP contribution < -0.4 is 0 Å². The molecular formula is C11H6BrF2N. The summed E-state index contributed by atoms with van der Waals surface area (Å²) in [5.74, 6) is -1.69. The molecule has 0 amide bonds. The maximum absolute atomic E-state index is 13.0. The van der Waals surface area contributed by atoms with E-state index in [9.17, 15) is 8.78 Å². The largest absolute Gasteiger partial charge is 0.249 e. The molecule has 0 spiro atoms. The Kier molecular flexibility index (Phi) is 2.77. The number of nitrogens with zero attached hydrogens (tertiary/aromatic N) is 1. The third kappa shape index (κ3) is 2.21. The van der Waals surface area contributed by atoms with Crippen molar-refractivity contribution < 1.29 is 8.78 Å². The number of pyridine rings is 1. The Hall–Kier alpha value is -1.29. The van der Waals surface area contributed by atoms with Crippen LogP contribution in [0.2, 0.25) is 0 Å². The van der Waals surface area contributed by atoms with Crippen molar-refractivity contribution in [3.63, 3.8) is 0 Å². The lowest BCUT2D eigenvalue weighted by Crippen LogP contribution is -1.86. The Bertz CT molecular complexity index is 500. The Labute approximate surface area is 93.9 Å². The number of rotatable bonds is 1. The zero-order chi connectivity index (χ0) is 10.8. The molecule has 0 radical (unpaired) electrons. The van der Waals surface area contributed by atoms with E-state index in [2.05, 4.69) is 20.9 Å². The van der Waals surface area contributed by atoms with E-state index in [-0.39, 0.29) is 0 Å². The molecule has 0 saturated carbocycles. The van der Waals surface area contributed by atoms with Crippen LogP contribution in [-0.2, 0) is 0 Å². The first kappa shape index (κ1) is 10.2. The average molecular weight is 270 g/mol. The van der Waals surface area contributed by atoms with Crippen LogP contribution in [-0.4, -0.2) is 4.98 Å². The molecule has 15 heavy (non-hydrogen) atoms. The van der Waals surface area contributed by atoms with Gasteiger partial charge in [0.05, 0.1) is 0 Å². The van der Waals surface area contributed by atoms with Crippen LogP contribution in [0.3, 0.4) is 0 Å². The highest BCUT2D eigenvalue weighted by Crippen LogP contribution is 2.23. The maximum Gasteiger partial charge on any atom is 0.159 e. The number of hydrogen-bond acceptors (Lipinski definition) is 1. The summed E-state index contributed by atoms with van der Waals surface area (Å²) in [6.45, 7) is 0. The molecule has 1 heterocycles. The van der Waals surface area contributed by atoms with Gasteiger partial charge in [-0.15, -0.1) is 0 Å². The highest BCUT2D eigenvalue weighted by Gasteiger charge is 2.04. The molecule has 0 saturated heterocycles. The molecule has 0 fully saturated rings. The van der Waals surface area contributed by atoms with E-state index in [1.807, 2.05) is 0 Å². The number of benzene rings is 1. The fourth-order valence-corrected chi connectivity index (χ4v) is 1.62. The summed E-state index contributed by atoms with van der Waals surface area (Å²) in [6.07, 6.45) is 1.60. The van der Waals surface area contributed by atoms with Crippen LogP contribution in [0.4, 0.5) is 8.78 Å². The summed E-state index contributed by atoms with van der Waals surface area (Å²) in [5, 5.41) is 0. The summed E-state index contributed by atoms with van der Waals surface area (Å²) in [4.78, 5) is 3.95. The van der Waals surface area contributed by atoms with Crippen molar-refractivity contribution in [1.29, 1.82) is 0 Å². The Balaban J connectivity index is 2.50. The van der Waals surface area contributed by atoms with Gasteiger partial charge in [0, 0.05) is 6.20 Å². The number of hydrogen-bond donors (Lipinski definition) is 0. The van der Waals surface area contributed by atoms with Gasteiger partial charge in [-0.1, -0.05) is 6.07 Å². The van der Waals surface area contributed by atoms with E-state index < -0.39 is 11.6 Å². The van der Waals surface area contributed by atoms with Gasteiger partial charge >= 0.3 is 0 Å². The molecule has 0 atom stereocenters. The van der Waals surface area contributed by atoms with Crippen molar-refractivity contribution in [3.05, 3.63) is 52.8 Å². The first-order chi connectivity index (χ1) is 7.16. The normalized spacial score (nSPS) is 10.3.